The maximum absolute atomic E-state index is 12.4. The lowest BCUT2D eigenvalue weighted by Gasteiger charge is -2.33. The average Bonchev–Trinajstić information content (AvgIpc) is 2.52. The number of carbonyl (C=O) groups is 2. The zero-order chi connectivity index (χ0) is 15.8. The van der Waals surface area contributed by atoms with Crippen LogP contribution < -0.4 is 10.6 Å². The molecule has 1 fully saturated rings. The Kier molecular flexibility index (Phi) is 6.21. The minimum Gasteiger partial charge on any atom is -0.465 e. The lowest BCUT2D eigenvalue weighted by Crippen LogP contribution is -2.55. The van der Waals surface area contributed by atoms with Gasteiger partial charge in [-0.2, -0.15) is 0 Å². The second kappa shape index (κ2) is 8.38. The third-order valence-electron chi connectivity index (χ3n) is 3.84. The van der Waals surface area contributed by atoms with Crippen LogP contribution in [0.1, 0.15) is 18.4 Å². The molecular formula is C16H23N3O3. The van der Waals surface area contributed by atoms with Crippen molar-refractivity contribution in [3.05, 3.63) is 35.9 Å². The van der Waals surface area contributed by atoms with Crippen molar-refractivity contribution in [2.45, 2.75) is 25.3 Å². The van der Waals surface area contributed by atoms with E-state index in [4.69, 9.17) is 5.11 Å². The second-order valence-electron chi connectivity index (χ2n) is 5.44. The fraction of sp³-hybridized carbons (Fsp3) is 0.500. The summed E-state index contributed by atoms with van der Waals surface area (Å²) in [5.41, 5.74) is 1.23. The molecule has 0 aromatic heterocycles. The molecule has 22 heavy (non-hydrogen) atoms. The van der Waals surface area contributed by atoms with Crippen molar-refractivity contribution in [3.63, 3.8) is 0 Å². The fourth-order valence-corrected chi connectivity index (χ4v) is 2.65. The van der Waals surface area contributed by atoms with Gasteiger partial charge in [-0.25, -0.2) is 4.79 Å². The normalized spacial score (nSPS) is 18.3. The van der Waals surface area contributed by atoms with Crippen LogP contribution in [0.5, 0.6) is 0 Å². The van der Waals surface area contributed by atoms with Crippen LogP contribution in [0.3, 0.4) is 0 Å². The van der Waals surface area contributed by atoms with Crippen molar-refractivity contribution in [1.29, 1.82) is 0 Å². The Hall–Kier alpha value is -2.08. The molecule has 120 valence electrons. The fourth-order valence-electron chi connectivity index (χ4n) is 2.65. The summed E-state index contributed by atoms with van der Waals surface area (Å²) in [5.74, 6) is 0.123. The van der Waals surface area contributed by atoms with Crippen LogP contribution in [0, 0.1) is 0 Å². The highest BCUT2D eigenvalue weighted by atomic mass is 16.4. The van der Waals surface area contributed by atoms with Gasteiger partial charge in [-0.05, 0) is 24.8 Å². The van der Waals surface area contributed by atoms with Gasteiger partial charge in [0, 0.05) is 26.2 Å². The van der Waals surface area contributed by atoms with Gasteiger partial charge in [-0.3, -0.25) is 4.79 Å². The van der Waals surface area contributed by atoms with Crippen LogP contribution in [-0.4, -0.2) is 54.2 Å². The van der Waals surface area contributed by atoms with Crippen LogP contribution in [0.25, 0.3) is 0 Å². The highest BCUT2D eigenvalue weighted by Gasteiger charge is 2.27. The quantitative estimate of drug-likeness (QED) is 0.658. The van der Waals surface area contributed by atoms with Gasteiger partial charge in [0.2, 0.25) is 5.91 Å². The Balaban J connectivity index is 1.75. The van der Waals surface area contributed by atoms with Gasteiger partial charge >= 0.3 is 6.09 Å². The monoisotopic (exact) mass is 305 g/mol. The maximum atomic E-state index is 12.4. The van der Waals surface area contributed by atoms with Crippen molar-refractivity contribution in [2.24, 2.45) is 0 Å². The Bertz CT molecular complexity index is 493. The number of rotatable bonds is 7. The van der Waals surface area contributed by atoms with Gasteiger partial charge in [-0.15, -0.1) is 0 Å². The number of amides is 2. The smallest absolute Gasteiger partial charge is 0.404 e. The van der Waals surface area contributed by atoms with Crippen LogP contribution in [0.15, 0.2) is 30.3 Å². The summed E-state index contributed by atoms with van der Waals surface area (Å²) in [4.78, 5) is 24.7. The van der Waals surface area contributed by atoms with Crippen molar-refractivity contribution in [1.82, 2.24) is 15.5 Å². The Labute approximate surface area is 130 Å². The maximum Gasteiger partial charge on any atom is 0.404 e. The summed E-state index contributed by atoms with van der Waals surface area (Å²) < 4.78 is 0. The largest absolute Gasteiger partial charge is 0.465 e. The number of hydrogen-bond acceptors (Lipinski definition) is 3. The van der Waals surface area contributed by atoms with E-state index in [2.05, 4.69) is 22.8 Å². The van der Waals surface area contributed by atoms with E-state index in [0.29, 0.717) is 19.4 Å². The molecular weight excluding hydrogens is 282 g/mol. The molecule has 3 N–H and O–H groups in total. The highest BCUT2D eigenvalue weighted by molar-refractivity contribution is 5.82. The number of carboxylic acid groups (broad SMARTS) is 1. The molecule has 1 atom stereocenters. The first-order chi connectivity index (χ1) is 10.7. The molecule has 0 spiro atoms. The zero-order valence-electron chi connectivity index (χ0n) is 12.6. The first kappa shape index (κ1) is 16.3. The summed E-state index contributed by atoms with van der Waals surface area (Å²) in [5, 5.41) is 14.1. The summed E-state index contributed by atoms with van der Waals surface area (Å²) in [6.45, 7) is 2.63. The van der Waals surface area contributed by atoms with Crippen molar-refractivity contribution in [2.75, 3.05) is 26.2 Å². The Morgan fingerprint density at radius 1 is 1.36 bits per heavy atom. The van der Waals surface area contributed by atoms with Crippen LogP contribution in [0.4, 0.5) is 4.79 Å². The van der Waals surface area contributed by atoms with E-state index in [1.165, 1.54) is 5.56 Å². The molecule has 6 heteroatoms. The Morgan fingerprint density at radius 2 is 2.14 bits per heavy atom. The van der Waals surface area contributed by atoms with E-state index in [1.54, 1.807) is 0 Å². The lowest BCUT2D eigenvalue weighted by molar-refractivity contribution is -0.135. The first-order valence-electron chi connectivity index (χ1n) is 7.69. The van der Waals surface area contributed by atoms with Crippen molar-refractivity contribution >= 4 is 12.0 Å². The SMILES string of the molecule is O=C(O)NCCCC1NCCN(CCc2ccccc2)C1=O. The molecule has 1 aromatic carbocycles. The van der Waals surface area contributed by atoms with Crippen molar-refractivity contribution in [3.8, 4) is 0 Å². The molecule has 0 bridgehead atoms. The molecule has 0 saturated carbocycles. The van der Waals surface area contributed by atoms with E-state index in [9.17, 15) is 9.59 Å². The predicted octanol–water partition coefficient (Wildman–Crippen LogP) is 1.08. The molecule has 1 heterocycles. The van der Waals surface area contributed by atoms with Gasteiger partial charge in [0.15, 0.2) is 0 Å². The number of hydrogen-bond donors (Lipinski definition) is 3. The molecule has 1 aliphatic heterocycles. The number of nitrogens with zero attached hydrogens (tertiary/aromatic N) is 1. The lowest BCUT2D eigenvalue weighted by atomic mass is 10.1. The highest BCUT2D eigenvalue weighted by Crippen LogP contribution is 2.09. The third-order valence-corrected chi connectivity index (χ3v) is 3.84. The topological polar surface area (TPSA) is 81.7 Å². The number of benzene rings is 1. The van der Waals surface area contributed by atoms with E-state index in [0.717, 1.165) is 26.1 Å². The van der Waals surface area contributed by atoms with Gasteiger partial charge < -0.3 is 20.6 Å². The predicted molar refractivity (Wildman–Crippen MR) is 83.8 cm³/mol. The standard InChI is InChI=1S/C16H23N3O3/c20-15-14(7-4-9-18-16(21)22)17-10-12-19(15)11-8-13-5-2-1-3-6-13/h1-3,5-6,14,17-18H,4,7-12H2,(H,21,22). The average molecular weight is 305 g/mol. The molecule has 1 saturated heterocycles. The third kappa shape index (κ3) is 5.04. The molecule has 6 nitrogen and oxygen atoms in total. The Morgan fingerprint density at radius 3 is 2.86 bits per heavy atom. The van der Waals surface area contributed by atoms with Gasteiger partial charge in [0.1, 0.15) is 0 Å². The molecule has 0 radical (unpaired) electrons. The van der Waals surface area contributed by atoms with Crippen molar-refractivity contribution < 1.29 is 14.7 Å². The zero-order valence-corrected chi connectivity index (χ0v) is 12.6. The minimum absolute atomic E-state index is 0.123. The molecule has 1 aliphatic rings. The number of carbonyl (C=O) groups excluding carboxylic acids is 1. The van der Waals surface area contributed by atoms with E-state index < -0.39 is 6.09 Å². The number of nitrogens with one attached hydrogen (secondary N) is 2. The van der Waals surface area contributed by atoms with Gasteiger partial charge in [0.25, 0.3) is 0 Å². The second-order valence-corrected chi connectivity index (χ2v) is 5.44. The summed E-state index contributed by atoms with van der Waals surface area (Å²) in [7, 11) is 0. The van der Waals surface area contributed by atoms with Crippen LogP contribution in [0.2, 0.25) is 0 Å². The minimum atomic E-state index is -1.02. The van der Waals surface area contributed by atoms with E-state index in [1.807, 2.05) is 23.1 Å². The van der Waals surface area contributed by atoms with E-state index >= 15 is 0 Å². The van der Waals surface area contributed by atoms with Crippen LogP contribution in [-0.2, 0) is 11.2 Å². The first-order valence-corrected chi connectivity index (χ1v) is 7.69. The van der Waals surface area contributed by atoms with Crippen LogP contribution >= 0.6 is 0 Å². The molecule has 1 unspecified atom stereocenters. The molecule has 1 aromatic rings. The summed E-state index contributed by atoms with van der Waals surface area (Å²) in [6, 6.07) is 9.95. The molecule has 0 aliphatic carbocycles. The number of piperazine rings is 1. The van der Waals surface area contributed by atoms with Gasteiger partial charge in [0.05, 0.1) is 6.04 Å². The summed E-state index contributed by atoms with van der Waals surface area (Å²) >= 11 is 0. The summed E-state index contributed by atoms with van der Waals surface area (Å²) in [6.07, 6.45) is 1.15. The molecule has 2 rings (SSSR count). The van der Waals surface area contributed by atoms with Gasteiger partial charge in [-0.1, -0.05) is 30.3 Å². The van der Waals surface area contributed by atoms with E-state index in [-0.39, 0.29) is 11.9 Å². The molecule has 2 amide bonds.